The number of hydrogen-bond donors (Lipinski definition) is 0. The molecule has 0 radical (unpaired) electrons. The second-order valence-electron chi connectivity index (χ2n) is 13.7. The molecule has 0 fully saturated rings. The lowest BCUT2D eigenvalue weighted by molar-refractivity contribution is 1.01. The quantitative estimate of drug-likeness (QED) is 0.152. The van der Waals surface area contributed by atoms with Crippen LogP contribution in [0.4, 0.5) is 0 Å². The lowest BCUT2D eigenvalue weighted by Gasteiger charge is -2.16. The fraction of sp³-hybridized carbons (Fsp3) is 0.0417. The minimum atomic E-state index is 0.781. The number of fused-ring (bicyclic) bond motifs is 8. The number of para-hydroxylation sites is 2. The van der Waals surface area contributed by atoms with Crippen molar-refractivity contribution in [3.05, 3.63) is 164 Å². The van der Waals surface area contributed by atoms with Crippen molar-refractivity contribution in [2.24, 2.45) is 0 Å². The first kappa shape index (κ1) is 32.7. The Kier molecular flexibility index (Phi) is 7.55. The van der Waals surface area contributed by atoms with Gasteiger partial charge in [-0.3, -0.25) is 9.13 Å². The molecular weight excluding hydrogens is 725 g/mol. The van der Waals surface area contributed by atoms with Crippen LogP contribution in [0.3, 0.4) is 0 Å². The third-order valence-electron chi connectivity index (χ3n) is 10.8. The number of thiophene rings is 2. The Morgan fingerprint density at radius 3 is 1.66 bits per heavy atom. The van der Waals surface area contributed by atoms with E-state index >= 15 is 0 Å². The summed E-state index contributed by atoms with van der Waals surface area (Å²) in [7, 11) is 0. The smallest absolute Gasteiger partial charge is 0.159 e. The van der Waals surface area contributed by atoms with Crippen LogP contribution in [0.15, 0.2) is 159 Å². The molecule has 0 atom stereocenters. The number of benzene rings is 5. The molecule has 0 aliphatic heterocycles. The Morgan fingerprint density at radius 2 is 1.07 bits per heavy atom. The maximum absolute atomic E-state index is 5.11. The molecule has 56 heavy (non-hydrogen) atoms. The van der Waals surface area contributed by atoms with E-state index in [1.165, 1.54) is 9.40 Å². The van der Waals surface area contributed by atoms with Crippen molar-refractivity contribution in [1.29, 1.82) is 0 Å². The van der Waals surface area contributed by atoms with Crippen molar-refractivity contribution in [1.82, 2.24) is 29.1 Å². The number of nitrogens with zero attached hydrogens (tertiary/aromatic N) is 6. The summed E-state index contributed by atoms with van der Waals surface area (Å²) in [5, 5.41) is 4.54. The van der Waals surface area contributed by atoms with Gasteiger partial charge in [0.2, 0.25) is 0 Å². The molecule has 11 rings (SSSR count). The molecule has 266 valence electrons. The molecule has 0 spiro atoms. The van der Waals surface area contributed by atoms with Crippen molar-refractivity contribution in [2.45, 2.75) is 13.3 Å². The van der Waals surface area contributed by atoms with Gasteiger partial charge < -0.3 is 0 Å². The summed E-state index contributed by atoms with van der Waals surface area (Å²) in [6.45, 7) is 6.41. The molecule has 6 aromatic heterocycles. The highest BCUT2D eigenvalue weighted by Crippen LogP contribution is 2.51. The number of aromatic nitrogens is 6. The fourth-order valence-corrected chi connectivity index (χ4v) is 10.7. The third kappa shape index (κ3) is 4.73. The van der Waals surface area contributed by atoms with Crippen molar-refractivity contribution >= 4 is 90.7 Å². The first-order valence-corrected chi connectivity index (χ1v) is 20.3. The summed E-state index contributed by atoms with van der Waals surface area (Å²) >= 11 is 3.48. The van der Waals surface area contributed by atoms with Crippen LogP contribution < -0.4 is 0 Å². The minimum Gasteiger partial charge on any atom is -0.292 e. The summed E-state index contributed by atoms with van der Waals surface area (Å²) in [5.41, 5.74) is 10.7. The second-order valence-corrected chi connectivity index (χ2v) is 15.9. The molecule has 0 saturated carbocycles. The van der Waals surface area contributed by atoms with Crippen molar-refractivity contribution in [3.63, 3.8) is 0 Å². The predicted molar refractivity (Wildman–Crippen MR) is 236 cm³/mol. The summed E-state index contributed by atoms with van der Waals surface area (Å²) < 4.78 is 9.22. The zero-order chi connectivity index (χ0) is 37.3. The number of hydrogen-bond acceptors (Lipinski definition) is 6. The zero-order valence-corrected chi connectivity index (χ0v) is 32.0. The standard InChI is InChI=1S/C48H32N6S2/c1-3-16-29(4-2)43-39(31-19-8-12-23-35(31)53(43)47-45-41(49-27-51-47)33-21-10-14-25-37(33)55-45)40-32-20-9-13-24-36(32)54(44(40)30-17-6-5-7-18-30)48-46-42(50-28-52-48)34-22-11-15-26-38(34)56-46/h3,5-28H,1,4H2,2H3/b29-16+. The zero-order valence-electron chi connectivity index (χ0n) is 30.3. The molecule has 0 aliphatic rings. The van der Waals surface area contributed by atoms with Gasteiger partial charge in [0.25, 0.3) is 0 Å². The lowest BCUT2D eigenvalue weighted by Crippen LogP contribution is -2.04. The summed E-state index contributed by atoms with van der Waals surface area (Å²) in [6, 6.07) is 45.2. The Bertz CT molecular complexity index is 3380. The highest BCUT2D eigenvalue weighted by Gasteiger charge is 2.31. The Hall–Kier alpha value is -6.74. The topological polar surface area (TPSA) is 61.4 Å². The van der Waals surface area contributed by atoms with Gasteiger partial charge in [0.1, 0.15) is 12.7 Å². The van der Waals surface area contributed by atoms with E-state index in [2.05, 4.69) is 156 Å². The molecule has 6 heterocycles. The molecule has 11 aromatic rings. The maximum Gasteiger partial charge on any atom is 0.159 e. The predicted octanol–water partition coefficient (Wildman–Crippen LogP) is 13.2. The molecule has 0 saturated heterocycles. The highest BCUT2D eigenvalue weighted by atomic mass is 32.1. The summed E-state index contributed by atoms with van der Waals surface area (Å²) in [4.78, 5) is 19.9. The molecular formula is C48H32N6S2. The molecule has 0 aliphatic carbocycles. The van der Waals surface area contributed by atoms with E-state index in [0.717, 1.165) is 105 Å². The van der Waals surface area contributed by atoms with E-state index in [0.29, 0.717) is 0 Å². The van der Waals surface area contributed by atoms with E-state index in [-0.39, 0.29) is 0 Å². The second kappa shape index (κ2) is 12.9. The van der Waals surface area contributed by atoms with Crippen LogP contribution in [0, 0.1) is 0 Å². The molecule has 0 amide bonds. The van der Waals surface area contributed by atoms with E-state index in [4.69, 9.17) is 19.9 Å². The Labute approximate surface area is 330 Å². The van der Waals surface area contributed by atoms with Crippen LogP contribution in [-0.4, -0.2) is 29.1 Å². The van der Waals surface area contributed by atoms with Gasteiger partial charge in [-0.15, -0.1) is 22.7 Å². The van der Waals surface area contributed by atoms with E-state index in [1.807, 2.05) is 6.08 Å². The van der Waals surface area contributed by atoms with Gasteiger partial charge >= 0.3 is 0 Å². The highest BCUT2D eigenvalue weighted by molar-refractivity contribution is 7.26. The molecule has 5 aromatic carbocycles. The van der Waals surface area contributed by atoms with Gasteiger partial charge in [0.05, 0.1) is 42.9 Å². The normalized spacial score (nSPS) is 12.3. The van der Waals surface area contributed by atoms with E-state index in [1.54, 1.807) is 35.3 Å². The number of allylic oxidation sites excluding steroid dienone is 3. The lowest BCUT2D eigenvalue weighted by atomic mass is 9.92. The van der Waals surface area contributed by atoms with Crippen LogP contribution in [0.5, 0.6) is 0 Å². The van der Waals surface area contributed by atoms with Gasteiger partial charge in [-0.1, -0.05) is 129 Å². The SMILES string of the molecule is C=C/C=C(\CC)c1c(-c2c(-c3ccccc3)n(-c3ncnc4c3sc3ccccc34)c3ccccc23)c2ccccc2n1-c1ncnc2c1sc1ccccc12. The molecule has 0 bridgehead atoms. The van der Waals surface area contributed by atoms with Crippen molar-refractivity contribution in [3.8, 4) is 34.0 Å². The first-order chi connectivity index (χ1) is 27.7. The maximum atomic E-state index is 5.11. The van der Waals surface area contributed by atoms with Gasteiger partial charge in [-0.2, -0.15) is 0 Å². The number of rotatable bonds is 7. The fourth-order valence-electron chi connectivity index (χ4n) is 8.45. The van der Waals surface area contributed by atoms with Crippen LogP contribution in [-0.2, 0) is 0 Å². The molecule has 0 N–H and O–H groups in total. The van der Waals surface area contributed by atoms with Crippen LogP contribution >= 0.6 is 22.7 Å². The minimum absolute atomic E-state index is 0.781. The first-order valence-electron chi connectivity index (χ1n) is 18.6. The Balaban J connectivity index is 1.35. The van der Waals surface area contributed by atoms with Crippen LogP contribution in [0.25, 0.3) is 102 Å². The average Bonchev–Trinajstić information content (AvgIpc) is 4.01. The van der Waals surface area contributed by atoms with E-state index < -0.39 is 0 Å². The summed E-state index contributed by atoms with van der Waals surface area (Å²) in [5.74, 6) is 1.73. The van der Waals surface area contributed by atoms with Gasteiger partial charge in [-0.25, -0.2) is 19.9 Å². The van der Waals surface area contributed by atoms with Gasteiger partial charge in [-0.05, 0) is 41.8 Å². The largest absolute Gasteiger partial charge is 0.292 e. The average molecular weight is 757 g/mol. The van der Waals surface area contributed by atoms with Crippen molar-refractivity contribution in [2.75, 3.05) is 0 Å². The van der Waals surface area contributed by atoms with Gasteiger partial charge in [0, 0.05) is 42.1 Å². The monoisotopic (exact) mass is 756 g/mol. The Morgan fingerprint density at radius 1 is 0.571 bits per heavy atom. The van der Waals surface area contributed by atoms with E-state index in [9.17, 15) is 0 Å². The van der Waals surface area contributed by atoms with Crippen LogP contribution in [0.2, 0.25) is 0 Å². The van der Waals surface area contributed by atoms with Crippen LogP contribution in [0.1, 0.15) is 19.0 Å². The molecule has 8 heteroatoms. The third-order valence-corrected chi connectivity index (χ3v) is 13.1. The molecule has 0 unspecified atom stereocenters. The molecule has 6 nitrogen and oxygen atoms in total. The summed E-state index contributed by atoms with van der Waals surface area (Å²) in [6.07, 6.45) is 8.27. The van der Waals surface area contributed by atoms with Crippen molar-refractivity contribution < 1.29 is 0 Å². The van der Waals surface area contributed by atoms with Gasteiger partial charge in [0.15, 0.2) is 11.6 Å².